The van der Waals surface area contributed by atoms with Crippen molar-refractivity contribution in [1.29, 1.82) is 0 Å². The number of sulfonamides is 1. The first-order chi connectivity index (χ1) is 14.4. The smallest absolute Gasteiger partial charge is 0.238 e. The van der Waals surface area contributed by atoms with Gasteiger partial charge in [0.15, 0.2) is 5.82 Å². The molecule has 2 aliphatic rings. The Balaban J connectivity index is 1.20. The summed E-state index contributed by atoms with van der Waals surface area (Å²) in [4.78, 5) is 14.8. The molecule has 2 fully saturated rings. The van der Waals surface area contributed by atoms with Crippen LogP contribution in [0.4, 0.5) is 5.82 Å². The standard InChI is InChI=1S/C21H27N5O3S/c22-30(28,29)18-5-1-15(2-6-18)9-12-23-21(27)17-10-13-26(14-11-17)20-8-7-19(24-25-20)16-3-4-16/h1-2,5-8,16-17H,3-4,9-14H2,(H,23,27)(H2,22,28,29). The Kier molecular flexibility index (Phi) is 6.01. The van der Waals surface area contributed by atoms with Crippen molar-refractivity contribution >= 4 is 21.7 Å². The maximum absolute atomic E-state index is 12.5. The largest absolute Gasteiger partial charge is 0.356 e. The van der Waals surface area contributed by atoms with Crippen LogP contribution in [0.2, 0.25) is 0 Å². The summed E-state index contributed by atoms with van der Waals surface area (Å²) in [5, 5.41) is 16.8. The Morgan fingerprint density at radius 2 is 1.73 bits per heavy atom. The second-order valence-electron chi connectivity index (χ2n) is 8.08. The molecule has 4 rings (SSSR count). The van der Waals surface area contributed by atoms with Crippen molar-refractivity contribution in [3.05, 3.63) is 47.7 Å². The molecule has 1 amide bonds. The molecule has 9 heteroatoms. The lowest BCUT2D eigenvalue weighted by Crippen LogP contribution is -2.41. The number of amides is 1. The van der Waals surface area contributed by atoms with Gasteiger partial charge in [0.05, 0.1) is 10.6 Å². The number of nitrogens with two attached hydrogens (primary N) is 1. The normalized spacial score (nSPS) is 17.7. The van der Waals surface area contributed by atoms with Crippen LogP contribution in [-0.4, -0.2) is 44.2 Å². The first-order valence-corrected chi connectivity index (χ1v) is 11.9. The number of anilines is 1. The monoisotopic (exact) mass is 429 g/mol. The number of hydrogen-bond donors (Lipinski definition) is 2. The zero-order valence-electron chi connectivity index (χ0n) is 16.8. The second kappa shape index (κ2) is 8.69. The van der Waals surface area contributed by atoms with Crippen LogP contribution < -0.4 is 15.4 Å². The molecule has 0 spiro atoms. The quantitative estimate of drug-likeness (QED) is 0.690. The molecule has 2 aromatic rings. The van der Waals surface area contributed by atoms with Gasteiger partial charge in [-0.3, -0.25) is 4.79 Å². The Hall–Kier alpha value is -2.52. The Labute approximate surface area is 176 Å². The number of nitrogens with one attached hydrogen (secondary N) is 1. The molecular weight excluding hydrogens is 402 g/mol. The lowest BCUT2D eigenvalue weighted by Gasteiger charge is -2.31. The van der Waals surface area contributed by atoms with Gasteiger partial charge in [0, 0.05) is 31.5 Å². The first kappa shape index (κ1) is 20.7. The lowest BCUT2D eigenvalue weighted by atomic mass is 9.96. The average Bonchev–Trinajstić information content (AvgIpc) is 3.59. The molecule has 0 atom stereocenters. The third-order valence-corrected chi connectivity index (χ3v) is 6.75. The number of primary sulfonamides is 1. The third kappa shape index (κ3) is 5.14. The van der Waals surface area contributed by atoms with E-state index in [2.05, 4.69) is 26.5 Å². The highest BCUT2D eigenvalue weighted by atomic mass is 32.2. The van der Waals surface area contributed by atoms with Crippen LogP contribution in [0.5, 0.6) is 0 Å². The third-order valence-electron chi connectivity index (χ3n) is 5.82. The zero-order chi connectivity index (χ0) is 21.1. The van der Waals surface area contributed by atoms with Crippen LogP contribution in [0, 0.1) is 5.92 Å². The molecule has 1 aliphatic heterocycles. The minimum Gasteiger partial charge on any atom is -0.356 e. The maximum Gasteiger partial charge on any atom is 0.238 e. The molecule has 2 heterocycles. The fraction of sp³-hybridized carbons (Fsp3) is 0.476. The van der Waals surface area contributed by atoms with Crippen molar-refractivity contribution in [1.82, 2.24) is 15.5 Å². The van der Waals surface area contributed by atoms with Gasteiger partial charge in [0.2, 0.25) is 15.9 Å². The highest BCUT2D eigenvalue weighted by Crippen LogP contribution is 2.38. The molecule has 1 aromatic heterocycles. The van der Waals surface area contributed by atoms with E-state index < -0.39 is 10.0 Å². The highest BCUT2D eigenvalue weighted by Gasteiger charge is 2.27. The zero-order valence-corrected chi connectivity index (χ0v) is 17.6. The fourth-order valence-electron chi connectivity index (χ4n) is 3.79. The van der Waals surface area contributed by atoms with E-state index in [0.717, 1.165) is 43.0 Å². The van der Waals surface area contributed by atoms with Crippen molar-refractivity contribution in [3.8, 4) is 0 Å². The molecule has 0 bridgehead atoms. The summed E-state index contributed by atoms with van der Waals surface area (Å²) in [7, 11) is -3.68. The molecule has 1 aliphatic carbocycles. The predicted octanol–water partition coefficient (Wildman–Crippen LogP) is 1.58. The van der Waals surface area contributed by atoms with E-state index in [9.17, 15) is 13.2 Å². The van der Waals surface area contributed by atoms with E-state index >= 15 is 0 Å². The molecule has 1 saturated heterocycles. The molecule has 30 heavy (non-hydrogen) atoms. The number of hydrogen-bond acceptors (Lipinski definition) is 6. The summed E-state index contributed by atoms with van der Waals surface area (Å²) in [5.41, 5.74) is 2.04. The summed E-state index contributed by atoms with van der Waals surface area (Å²) < 4.78 is 22.6. The van der Waals surface area contributed by atoms with E-state index in [0.29, 0.717) is 18.9 Å². The Bertz CT molecular complexity index is 980. The van der Waals surface area contributed by atoms with Gasteiger partial charge >= 0.3 is 0 Å². The van der Waals surface area contributed by atoms with Crippen LogP contribution in [0.25, 0.3) is 0 Å². The molecule has 0 radical (unpaired) electrons. The minimum atomic E-state index is -3.68. The van der Waals surface area contributed by atoms with Crippen molar-refractivity contribution in [3.63, 3.8) is 0 Å². The molecule has 0 unspecified atom stereocenters. The number of piperidine rings is 1. The van der Waals surface area contributed by atoms with Crippen LogP contribution in [0.1, 0.15) is 42.9 Å². The topological polar surface area (TPSA) is 118 Å². The molecule has 8 nitrogen and oxygen atoms in total. The van der Waals surface area contributed by atoms with E-state index in [1.54, 1.807) is 12.1 Å². The van der Waals surface area contributed by atoms with Gasteiger partial charge in [-0.15, -0.1) is 5.10 Å². The lowest BCUT2D eigenvalue weighted by molar-refractivity contribution is -0.125. The van der Waals surface area contributed by atoms with Crippen LogP contribution in [0.3, 0.4) is 0 Å². The number of carbonyl (C=O) groups excluding carboxylic acids is 1. The average molecular weight is 430 g/mol. The van der Waals surface area contributed by atoms with Gasteiger partial charge < -0.3 is 10.2 Å². The second-order valence-corrected chi connectivity index (χ2v) is 9.64. The van der Waals surface area contributed by atoms with Gasteiger partial charge in [-0.2, -0.15) is 5.10 Å². The van der Waals surface area contributed by atoms with Crippen LogP contribution in [0.15, 0.2) is 41.3 Å². The first-order valence-electron chi connectivity index (χ1n) is 10.4. The van der Waals surface area contributed by atoms with Gasteiger partial charge in [-0.1, -0.05) is 12.1 Å². The Morgan fingerprint density at radius 1 is 1.03 bits per heavy atom. The molecule has 1 aromatic carbocycles. The number of aromatic nitrogens is 2. The summed E-state index contributed by atoms with van der Waals surface area (Å²) >= 11 is 0. The van der Waals surface area contributed by atoms with E-state index in [1.165, 1.54) is 25.0 Å². The predicted molar refractivity (Wildman–Crippen MR) is 113 cm³/mol. The van der Waals surface area contributed by atoms with Crippen molar-refractivity contribution < 1.29 is 13.2 Å². The number of carbonyl (C=O) groups is 1. The van der Waals surface area contributed by atoms with Crippen molar-refractivity contribution in [2.45, 2.75) is 42.9 Å². The van der Waals surface area contributed by atoms with Crippen LogP contribution >= 0.6 is 0 Å². The van der Waals surface area contributed by atoms with Crippen LogP contribution in [-0.2, 0) is 21.2 Å². The molecule has 3 N–H and O–H groups in total. The number of benzene rings is 1. The van der Waals surface area contributed by atoms with Crippen molar-refractivity contribution in [2.24, 2.45) is 11.1 Å². The van der Waals surface area contributed by atoms with E-state index in [-0.39, 0.29) is 16.7 Å². The summed E-state index contributed by atoms with van der Waals surface area (Å²) in [6.45, 7) is 2.11. The number of nitrogens with zero attached hydrogens (tertiary/aromatic N) is 3. The fourth-order valence-corrected chi connectivity index (χ4v) is 4.31. The van der Waals surface area contributed by atoms with Crippen molar-refractivity contribution in [2.75, 3.05) is 24.5 Å². The summed E-state index contributed by atoms with van der Waals surface area (Å²) in [5.74, 6) is 1.57. The number of rotatable bonds is 7. The SMILES string of the molecule is NS(=O)(=O)c1ccc(CCNC(=O)C2CCN(c3ccc(C4CC4)nn3)CC2)cc1. The van der Waals surface area contributed by atoms with E-state index in [4.69, 9.17) is 5.14 Å². The molecule has 1 saturated carbocycles. The maximum atomic E-state index is 12.5. The molecular formula is C21H27N5O3S. The van der Waals surface area contributed by atoms with Gasteiger partial charge in [-0.25, -0.2) is 13.6 Å². The summed E-state index contributed by atoms with van der Waals surface area (Å²) in [6.07, 6.45) is 4.66. The van der Waals surface area contributed by atoms with Gasteiger partial charge in [0.25, 0.3) is 0 Å². The van der Waals surface area contributed by atoms with E-state index in [1.807, 2.05) is 6.07 Å². The summed E-state index contributed by atoms with van der Waals surface area (Å²) in [6, 6.07) is 10.5. The Morgan fingerprint density at radius 3 is 2.30 bits per heavy atom. The minimum absolute atomic E-state index is 0.00436. The molecule has 160 valence electrons. The van der Waals surface area contributed by atoms with Gasteiger partial charge in [-0.05, 0) is 61.9 Å². The highest BCUT2D eigenvalue weighted by molar-refractivity contribution is 7.89. The van der Waals surface area contributed by atoms with Gasteiger partial charge in [0.1, 0.15) is 0 Å².